The van der Waals surface area contributed by atoms with E-state index in [2.05, 4.69) is 20.7 Å². The van der Waals surface area contributed by atoms with Crippen LogP contribution in [-0.2, 0) is 19.6 Å². The Labute approximate surface area is 164 Å². The van der Waals surface area contributed by atoms with Crippen molar-refractivity contribution in [3.63, 3.8) is 0 Å². The number of nitrogens with one attached hydrogen (secondary N) is 4. The molecule has 0 bridgehead atoms. The molecule has 1 aromatic rings. The topological polar surface area (TPSA) is 133 Å². The van der Waals surface area contributed by atoms with Gasteiger partial charge in [-0.15, -0.1) is 0 Å². The molecule has 0 saturated heterocycles. The lowest BCUT2D eigenvalue weighted by Gasteiger charge is -2.14. The Balaban J connectivity index is 2.01. The fourth-order valence-electron chi connectivity index (χ4n) is 3.06. The van der Waals surface area contributed by atoms with Crippen LogP contribution in [0.25, 0.3) is 0 Å². The molecule has 1 fully saturated rings. The number of benzene rings is 1. The molecule has 0 heterocycles. The van der Waals surface area contributed by atoms with Crippen LogP contribution in [0.4, 0.5) is 11.4 Å². The number of rotatable bonds is 8. The Morgan fingerprint density at radius 2 is 1.82 bits per heavy atom. The molecule has 2 rings (SSSR count). The van der Waals surface area contributed by atoms with Gasteiger partial charge in [0.2, 0.25) is 21.8 Å². The summed E-state index contributed by atoms with van der Waals surface area (Å²) in [6.07, 6.45) is 5.29. The van der Waals surface area contributed by atoms with E-state index in [1.54, 1.807) is 0 Å². The van der Waals surface area contributed by atoms with Crippen molar-refractivity contribution >= 4 is 39.1 Å². The molecule has 28 heavy (non-hydrogen) atoms. The minimum atomic E-state index is -3.60. The molecule has 0 aromatic heterocycles. The van der Waals surface area contributed by atoms with Crippen LogP contribution in [0.15, 0.2) is 18.2 Å². The average molecular weight is 410 g/mol. The van der Waals surface area contributed by atoms with E-state index >= 15 is 0 Å². The molecule has 1 aliphatic rings. The first-order valence-corrected chi connectivity index (χ1v) is 11.0. The second kappa shape index (κ2) is 9.54. The van der Waals surface area contributed by atoms with Gasteiger partial charge in [0.25, 0.3) is 5.91 Å². The Morgan fingerprint density at radius 3 is 2.43 bits per heavy atom. The Kier molecular flexibility index (Phi) is 7.38. The molecule has 0 unspecified atom stereocenters. The third-order valence-electron chi connectivity index (χ3n) is 4.24. The minimum absolute atomic E-state index is 0.0490. The van der Waals surface area contributed by atoms with E-state index in [4.69, 9.17) is 0 Å². The zero-order valence-electron chi connectivity index (χ0n) is 16.0. The largest absolute Gasteiger partial charge is 0.353 e. The van der Waals surface area contributed by atoms with Gasteiger partial charge in [0.15, 0.2) is 0 Å². The molecule has 4 N–H and O–H groups in total. The maximum Gasteiger partial charge on any atom is 0.253 e. The Hall–Kier alpha value is -2.62. The van der Waals surface area contributed by atoms with Crippen molar-refractivity contribution in [1.29, 1.82) is 0 Å². The number of hydrogen-bond acceptors (Lipinski definition) is 5. The second-order valence-electron chi connectivity index (χ2n) is 6.87. The zero-order chi connectivity index (χ0) is 20.7. The van der Waals surface area contributed by atoms with Crippen molar-refractivity contribution in [2.45, 2.75) is 45.1 Å². The molecule has 3 amide bonds. The summed E-state index contributed by atoms with van der Waals surface area (Å²) in [6.45, 7) is 1.44. The fourth-order valence-corrected chi connectivity index (χ4v) is 3.63. The summed E-state index contributed by atoms with van der Waals surface area (Å²) in [4.78, 5) is 35.7. The van der Waals surface area contributed by atoms with Gasteiger partial charge in [-0.25, -0.2) is 8.42 Å². The molecule has 0 atom stereocenters. The molecule has 0 aliphatic heterocycles. The van der Waals surface area contributed by atoms with Crippen LogP contribution in [0.2, 0.25) is 0 Å². The summed E-state index contributed by atoms with van der Waals surface area (Å²) >= 11 is 0. The summed E-state index contributed by atoms with van der Waals surface area (Å²) in [5.74, 6) is -1.00. The SMILES string of the molecule is CC(=O)Nc1ccc(NS(C)(=O)=O)c(C(=O)NCCC(=O)NC2CCCC2)c1. The minimum Gasteiger partial charge on any atom is -0.353 e. The first-order valence-electron chi connectivity index (χ1n) is 9.11. The van der Waals surface area contributed by atoms with Gasteiger partial charge in [-0.05, 0) is 31.0 Å². The molecule has 1 aliphatic carbocycles. The number of anilines is 2. The maximum atomic E-state index is 12.5. The second-order valence-corrected chi connectivity index (χ2v) is 8.62. The van der Waals surface area contributed by atoms with Gasteiger partial charge in [-0.2, -0.15) is 0 Å². The summed E-state index contributed by atoms with van der Waals surface area (Å²) < 4.78 is 25.4. The molecular weight excluding hydrogens is 384 g/mol. The monoisotopic (exact) mass is 410 g/mol. The molecule has 1 aromatic carbocycles. The van der Waals surface area contributed by atoms with E-state index in [-0.39, 0.29) is 42.1 Å². The predicted molar refractivity (Wildman–Crippen MR) is 107 cm³/mol. The first kappa shape index (κ1) is 21.7. The van der Waals surface area contributed by atoms with E-state index in [1.807, 2.05) is 0 Å². The molecule has 0 radical (unpaired) electrons. The third-order valence-corrected chi connectivity index (χ3v) is 4.83. The van der Waals surface area contributed by atoms with Gasteiger partial charge in [-0.1, -0.05) is 12.8 Å². The summed E-state index contributed by atoms with van der Waals surface area (Å²) in [5, 5.41) is 8.09. The number of carbonyl (C=O) groups is 3. The van der Waals surface area contributed by atoms with Crippen molar-refractivity contribution in [2.24, 2.45) is 0 Å². The molecular formula is C18H26N4O5S. The van der Waals surface area contributed by atoms with Gasteiger partial charge < -0.3 is 16.0 Å². The standard InChI is InChI=1S/C18H26N4O5S/c1-12(23)20-14-7-8-16(22-28(2,26)27)15(11-14)18(25)19-10-9-17(24)21-13-5-3-4-6-13/h7-8,11,13,22H,3-6,9-10H2,1-2H3,(H,19,25)(H,20,23)(H,21,24). The number of hydrogen-bond donors (Lipinski definition) is 4. The molecule has 9 nitrogen and oxygen atoms in total. The third kappa shape index (κ3) is 7.18. The van der Waals surface area contributed by atoms with Gasteiger partial charge >= 0.3 is 0 Å². The summed E-state index contributed by atoms with van der Waals surface area (Å²) in [6, 6.07) is 4.47. The first-order chi connectivity index (χ1) is 13.1. The highest BCUT2D eigenvalue weighted by molar-refractivity contribution is 7.92. The Bertz CT molecular complexity index is 848. The van der Waals surface area contributed by atoms with Crippen molar-refractivity contribution in [3.8, 4) is 0 Å². The van der Waals surface area contributed by atoms with E-state index in [0.717, 1.165) is 31.9 Å². The lowest BCUT2D eigenvalue weighted by atomic mass is 10.1. The van der Waals surface area contributed by atoms with Crippen LogP contribution in [-0.4, -0.2) is 45.0 Å². The van der Waals surface area contributed by atoms with E-state index in [0.29, 0.717) is 5.69 Å². The van der Waals surface area contributed by atoms with E-state index in [1.165, 1.54) is 25.1 Å². The van der Waals surface area contributed by atoms with Gasteiger partial charge in [0.1, 0.15) is 0 Å². The lowest BCUT2D eigenvalue weighted by molar-refractivity contribution is -0.121. The zero-order valence-corrected chi connectivity index (χ0v) is 16.8. The highest BCUT2D eigenvalue weighted by Gasteiger charge is 2.18. The highest BCUT2D eigenvalue weighted by Crippen LogP contribution is 2.22. The maximum absolute atomic E-state index is 12.5. The summed E-state index contributed by atoms with van der Waals surface area (Å²) in [7, 11) is -3.60. The normalized spacial score (nSPS) is 14.4. The molecule has 10 heteroatoms. The number of carbonyl (C=O) groups excluding carboxylic acids is 3. The van der Waals surface area contributed by atoms with Gasteiger partial charge in [0.05, 0.1) is 17.5 Å². The van der Waals surface area contributed by atoms with Crippen LogP contribution in [0.5, 0.6) is 0 Å². The molecule has 0 spiro atoms. The highest BCUT2D eigenvalue weighted by atomic mass is 32.2. The van der Waals surface area contributed by atoms with Gasteiger partial charge in [0, 0.05) is 31.6 Å². The fraction of sp³-hybridized carbons (Fsp3) is 0.500. The lowest BCUT2D eigenvalue weighted by Crippen LogP contribution is -2.35. The number of amides is 3. The van der Waals surface area contributed by atoms with Crippen LogP contribution in [0.3, 0.4) is 0 Å². The van der Waals surface area contributed by atoms with Crippen molar-refractivity contribution in [1.82, 2.24) is 10.6 Å². The van der Waals surface area contributed by atoms with Gasteiger partial charge in [-0.3, -0.25) is 19.1 Å². The van der Waals surface area contributed by atoms with Crippen molar-refractivity contribution in [2.75, 3.05) is 22.8 Å². The quantitative estimate of drug-likeness (QED) is 0.511. The number of sulfonamides is 1. The van der Waals surface area contributed by atoms with Crippen LogP contribution < -0.4 is 20.7 Å². The van der Waals surface area contributed by atoms with E-state index < -0.39 is 15.9 Å². The average Bonchev–Trinajstić information content (AvgIpc) is 3.07. The molecule has 154 valence electrons. The molecule has 1 saturated carbocycles. The van der Waals surface area contributed by atoms with Crippen molar-refractivity contribution in [3.05, 3.63) is 23.8 Å². The summed E-state index contributed by atoms with van der Waals surface area (Å²) in [5.41, 5.74) is 0.494. The smallest absolute Gasteiger partial charge is 0.253 e. The van der Waals surface area contributed by atoms with E-state index in [9.17, 15) is 22.8 Å². The van der Waals surface area contributed by atoms with Crippen molar-refractivity contribution < 1.29 is 22.8 Å². The predicted octanol–water partition coefficient (Wildman–Crippen LogP) is 1.20. The van der Waals surface area contributed by atoms with Crippen LogP contribution in [0.1, 0.15) is 49.4 Å². The Morgan fingerprint density at radius 1 is 1.14 bits per heavy atom. The van der Waals surface area contributed by atoms with Crippen LogP contribution >= 0.6 is 0 Å². The van der Waals surface area contributed by atoms with Crippen LogP contribution in [0, 0.1) is 0 Å².